The zero-order valence-corrected chi connectivity index (χ0v) is 20.1. The van der Waals surface area contributed by atoms with E-state index < -0.39 is 0 Å². The molecule has 0 radical (unpaired) electrons. The van der Waals surface area contributed by atoms with Gasteiger partial charge in [0.25, 0.3) is 11.8 Å². The highest BCUT2D eigenvalue weighted by molar-refractivity contribution is 5.88. The summed E-state index contributed by atoms with van der Waals surface area (Å²) in [6.45, 7) is 4.65. The second-order valence-corrected chi connectivity index (χ2v) is 8.57. The second-order valence-electron chi connectivity index (χ2n) is 8.57. The smallest absolute Gasteiger partial charge is 0.266 e. The largest absolute Gasteiger partial charge is 0.457 e. The molecular formula is C27H23N7O3. The van der Waals surface area contributed by atoms with Gasteiger partial charge in [0.05, 0.1) is 41.7 Å². The minimum Gasteiger partial charge on any atom is -0.457 e. The van der Waals surface area contributed by atoms with E-state index in [9.17, 15) is 5.26 Å². The Labute approximate surface area is 212 Å². The SMILES string of the molecule is Cc1c(-c2nc(N3CCOCC3)no2)cn2ncc(C#N)c(Nc3ccc(Oc4ccccc4)cc3)c12. The zero-order valence-electron chi connectivity index (χ0n) is 20.1. The highest BCUT2D eigenvalue weighted by Gasteiger charge is 2.22. The number of nitrogens with one attached hydrogen (secondary N) is 1. The van der Waals surface area contributed by atoms with Crippen molar-refractivity contribution >= 4 is 22.8 Å². The normalized spacial score (nSPS) is 13.5. The summed E-state index contributed by atoms with van der Waals surface area (Å²) in [4.78, 5) is 6.65. The van der Waals surface area contributed by atoms with Crippen molar-refractivity contribution in [1.82, 2.24) is 19.8 Å². The van der Waals surface area contributed by atoms with Crippen LogP contribution >= 0.6 is 0 Å². The van der Waals surface area contributed by atoms with E-state index in [0.29, 0.717) is 55.1 Å². The Morgan fingerprint density at radius 1 is 1.03 bits per heavy atom. The van der Waals surface area contributed by atoms with Crippen LogP contribution in [0, 0.1) is 18.3 Å². The van der Waals surface area contributed by atoms with Crippen LogP contribution in [-0.4, -0.2) is 46.1 Å². The molecule has 0 aliphatic carbocycles. The number of aromatic nitrogens is 4. The fourth-order valence-electron chi connectivity index (χ4n) is 4.31. The average molecular weight is 494 g/mol. The number of rotatable bonds is 6. The molecule has 0 unspecified atom stereocenters. The van der Waals surface area contributed by atoms with Crippen molar-refractivity contribution in [1.29, 1.82) is 5.26 Å². The lowest BCUT2D eigenvalue weighted by Gasteiger charge is -2.24. The molecule has 0 atom stereocenters. The predicted octanol–water partition coefficient (Wildman–Crippen LogP) is 4.94. The molecule has 184 valence electrons. The molecule has 0 bridgehead atoms. The minimum absolute atomic E-state index is 0.399. The van der Waals surface area contributed by atoms with Gasteiger partial charge in [0.1, 0.15) is 17.6 Å². The third-order valence-electron chi connectivity index (χ3n) is 6.22. The Morgan fingerprint density at radius 2 is 1.78 bits per heavy atom. The number of fused-ring (bicyclic) bond motifs is 1. The molecule has 10 heteroatoms. The van der Waals surface area contributed by atoms with Crippen molar-refractivity contribution in [2.75, 3.05) is 36.5 Å². The fourth-order valence-corrected chi connectivity index (χ4v) is 4.31. The van der Waals surface area contributed by atoms with Crippen molar-refractivity contribution in [3.05, 3.63) is 78.1 Å². The van der Waals surface area contributed by atoms with E-state index in [4.69, 9.17) is 14.0 Å². The number of ether oxygens (including phenoxy) is 2. The maximum Gasteiger partial charge on any atom is 0.266 e. The van der Waals surface area contributed by atoms with Crippen LogP contribution in [0.5, 0.6) is 11.5 Å². The number of hydrogen-bond donors (Lipinski definition) is 1. The summed E-state index contributed by atoms with van der Waals surface area (Å²) in [6.07, 6.45) is 3.38. The van der Waals surface area contributed by atoms with Crippen molar-refractivity contribution < 1.29 is 14.0 Å². The van der Waals surface area contributed by atoms with Crippen LogP contribution in [0.25, 0.3) is 17.0 Å². The molecule has 5 aromatic rings. The van der Waals surface area contributed by atoms with E-state index >= 15 is 0 Å². The summed E-state index contributed by atoms with van der Waals surface area (Å²) < 4.78 is 18.6. The number of nitriles is 1. The third kappa shape index (κ3) is 4.44. The van der Waals surface area contributed by atoms with Gasteiger partial charge in [0.15, 0.2) is 0 Å². The predicted molar refractivity (Wildman–Crippen MR) is 137 cm³/mol. The number of morpholine rings is 1. The highest BCUT2D eigenvalue weighted by Crippen LogP contribution is 2.35. The van der Waals surface area contributed by atoms with Gasteiger partial charge < -0.3 is 24.2 Å². The molecule has 37 heavy (non-hydrogen) atoms. The minimum atomic E-state index is 0.399. The Kier molecular flexibility index (Phi) is 5.88. The van der Waals surface area contributed by atoms with Crippen molar-refractivity contribution in [2.45, 2.75) is 6.92 Å². The lowest BCUT2D eigenvalue weighted by atomic mass is 10.1. The lowest BCUT2D eigenvalue weighted by Crippen LogP contribution is -2.36. The summed E-state index contributed by atoms with van der Waals surface area (Å²) in [5.74, 6) is 2.41. The molecule has 6 rings (SSSR count). The Hall–Kier alpha value is -4.88. The molecule has 1 aliphatic heterocycles. The van der Waals surface area contributed by atoms with Crippen LogP contribution in [0.1, 0.15) is 11.1 Å². The van der Waals surface area contributed by atoms with Crippen LogP contribution in [0.2, 0.25) is 0 Å². The molecule has 0 saturated carbocycles. The number of benzene rings is 2. The number of aryl methyl sites for hydroxylation is 1. The number of nitrogens with zero attached hydrogens (tertiary/aromatic N) is 6. The summed E-state index contributed by atoms with van der Waals surface area (Å²) in [7, 11) is 0. The molecule has 10 nitrogen and oxygen atoms in total. The molecule has 1 saturated heterocycles. The molecule has 1 N–H and O–H groups in total. The van der Waals surface area contributed by atoms with Gasteiger partial charge in [-0.3, -0.25) is 0 Å². The van der Waals surface area contributed by atoms with E-state index in [-0.39, 0.29) is 0 Å². The highest BCUT2D eigenvalue weighted by atomic mass is 16.5. The van der Waals surface area contributed by atoms with Gasteiger partial charge in [-0.2, -0.15) is 15.3 Å². The van der Waals surface area contributed by atoms with Crippen LogP contribution in [0.3, 0.4) is 0 Å². The van der Waals surface area contributed by atoms with Crippen molar-refractivity contribution in [3.8, 4) is 29.0 Å². The Morgan fingerprint density at radius 3 is 2.54 bits per heavy atom. The first-order chi connectivity index (χ1) is 18.2. The van der Waals surface area contributed by atoms with Gasteiger partial charge in [-0.15, -0.1) is 0 Å². The first kappa shape index (κ1) is 22.6. The maximum atomic E-state index is 9.81. The molecule has 0 spiro atoms. The third-order valence-corrected chi connectivity index (χ3v) is 6.22. The maximum absolute atomic E-state index is 9.81. The van der Waals surface area contributed by atoms with E-state index in [1.807, 2.05) is 72.6 Å². The summed E-state index contributed by atoms with van der Waals surface area (Å²) in [6, 6.07) is 19.4. The molecule has 1 aliphatic rings. The molecule has 3 aromatic heterocycles. The summed E-state index contributed by atoms with van der Waals surface area (Å²) in [5, 5.41) is 21.8. The number of anilines is 3. The van der Waals surface area contributed by atoms with Gasteiger partial charge in [-0.25, -0.2) is 4.52 Å². The second kappa shape index (κ2) is 9.64. The molecule has 2 aromatic carbocycles. The Balaban J connectivity index is 1.31. The van der Waals surface area contributed by atoms with Crippen LogP contribution in [0.4, 0.5) is 17.3 Å². The molecule has 0 amide bonds. The molecule has 1 fully saturated rings. The van der Waals surface area contributed by atoms with E-state index in [1.54, 1.807) is 10.7 Å². The van der Waals surface area contributed by atoms with Gasteiger partial charge in [-0.1, -0.05) is 18.2 Å². The standard InChI is InChI=1S/C27H23N7O3/c1-18-23(26-31-27(32-37-26)33-11-13-35-14-12-33)17-34-25(18)24(19(15-28)16-29-34)30-20-7-9-22(10-8-20)36-21-5-3-2-4-6-21/h2-10,16-17,30H,11-14H2,1H3. The van der Waals surface area contributed by atoms with Crippen LogP contribution < -0.4 is 15.0 Å². The van der Waals surface area contributed by atoms with Crippen molar-refractivity contribution in [3.63, 3.8) is 0 Å². The fraction of sp³-hybridized carbons (Fsp3) is 0.185. The average Bonchev–Trinajstić information content (AvgIpc) is 3.56. The summed E-state index contributed by atoms with van der Waals surface area (Å²) >= 11 is 0. The number of para-hydroxylation sites is 1. The van der Waals surface area contributed by atoms with Gasteiger partial charge in [0, 0.05) is 25.0 Å². The lowest BCUT2D eigenvalue weighted by molar-refractivity contribution is 0.121. The summed E-state index contributed by atoms with van der Waals surface area (Å²) in [5.41, 5.74) is 4.25. The topological polar surface area (TPSA) is 114 Å². The van der Waals surface area contributed by atoms with Crippen LogP contribution in [0.15, 0.2) is 71.5 Å². The first-order valence-corrected chi connectivity index (χ1v) is 11.9. The van der Waals surface area contributed by atoms with E-state index in [1.165, 1.54) is 0 Å². The zero-order chi connectivity index (χ0) is 25.2. The van der Waals surface area contributed by atoms with Crippen LogP contribution in [-0.2, 0) is 4.74 Å². The Bertz CT molecular complexity index is 1580. The monoisotopic (exact) mass is 493 g/mol. The van der Waals surface area contributed by atoms with Gasteiger partial charge >= 0.3 is 0 Å². The van der Waals surface area contributed by atoms with Gasteiger partial charge in [0.2, 0.25) is 0 Å². The van der Waals surface area contributed by atoms with Crippen molar-refractivity contribution in [2.24, 2.45) is 0 Å². The van der Waals surface area contributed by atoms with Gasteiger partial charge in [-0.05, 0) is 54.0 Å². The number of hydrogen-bond acceptors (Lipinski definition) is 9. The first-order valence-electron chi connectivity index (χ1n) is 11.9. The molecule has 4 heterocycles. The molecular weight excluding hydrogens is 470 g/mol. The quantitative estimate of drug-likeness (QED) is 0.351. The van der Waals surface area contributed by atoms with E-state index in [2.05, 4.69) is 26.6 Å². The van der Waals surface area contributed by atoms with E-state index in [0.717, 1.165) is 28.1 Å².